The zero-order valence-corrected chi connectivity index (χ0v) is 22.3. The van der Waals surface area contributed by atoms with Gasteiger partial charge in [-0.2, -0.15) is 26.3 Å². The summed E-state index contributed by atoms with van der Waals surface area (Å²) in [5.74, 6) is -0.440. The van der Waals surface area contributed by atoms with Crippen LogP contribution in [0.15, 0.2) is 73.1 Å². The maximum atomic E-state index is 13.2. The quantitative estimate of drug-likeness (QED) is 0.281. The molecule has 0 spiro atoms. The third kappa shape index (κ3) is 6.92. The first-order valence-electron chi connectivity index (χ1n) is 13.0. The van der Waals surface area contributed by atoms with E-state index in [0.29, 0.717) is 56.0 Å². The number of piperazine rings is 1. The monoisotopic (exact) mass is 597 g/mol. The Bertz CT molecular complexity index is 1300. The lowest BCUT2D eigenvalue weighted by Crippen LogP contribution is -2.56. The number of aliphatic hydroxyl groups excluding tert-OH is 1. The highest BCUT2D eigenvalue weighted by Gasteiger charge is 2.71. The molecule has 0 unspecified atom stereocenters. The van der Waals surface area contributed by atoms with Crippen molar-refractivity contribution >= 4 is 5.97 Å². The fourth-order valence-electron chi connectivity index (χ4n) is 4.85. The molecule has 1 aromatic heterocycles. The first-order valence-corrected chi connectivity index (χ1v) is 13.0. The number of alkyl halides is 6. The van der Waals surface area contributed by atoms with Crippen LogP contribution in [0.5, 0.6) is 0 Å². The van der Waals surface area contributed by atoms with Crippen LogP contribution in [0.25, 0.3) is 11.1 Å². The molecule has 1 saturated heterocycles. The smallest absolute Gasteiger partial charge is 0.430 e. The van der Waals surface area contributed by atoms with Gasteiger partial charge in [-0.25, -0.2) is 0 Å². The van der Waals surface area contributed by atoms with Crippen LogP contribution in [-0.2, 0) is 28.2 Å². The normalized spacial score (nSPS) is 17.3. The van der Waals surface area contributed by atoms with E-state index in [-0.39, 0.29) is 13.2 Å². The van der Waals surface area contributed by atoms with Crippen molar-refractivity contribution in [2.75, 3.05) is 32.8 Å². The molecule has 0 aliphatic carbocycles. The number of aliphatic hydroxyl groups is 2. The molecule has 3 aromatic rings. The molecular formula is C29H29F6N3O4. The molecule has 0 amide bonds. The van der Waals surface area contributed by atoms with Gasteiger partial charge in [0.25, 0.3) is 5.60 Å². The molecule has 2 heterocycles. The van der Waals surface area contributed by atoms with Crippen LogP contribution in [0.4, 0.5) is 26.3 Å². The molecule has 42 heavy (non-hydrogen) atoms. The Labute approximate surface area is 238 Å². The second kappa shape index (κ2) is 12.8. The molecule has 0 bridgehead atoms. The van der Waals surface area contributed by atoms with Crippen LogP contribution in [0.3, 0.4) is 0 Å². The van der Waals surface area contributed by atoms with Crippen LogP contribution < -0.4 is 0 Å². The number of aromatic nitrogens is 1. The number of carbonyl (C=O) groups excluding carboxylic acids is 1. The highest BCUT2D eigenvalue weighted by atomic mass is 19.4. The zero-order valence-electron chi connectivity index (χ0n) is 22.3. The lowest BCUT2D eigenvalue weighted by molar-refractivity contribution is -0.376. The Kier molecular flexibility index (Phi) is 9.56. The number of rotatable bonds is 9. The van der Waals surface area contributed by atoms with E-state index in [4.69, 9.17) is 9.84 Å². The number of carbonyl (C=O) groups is 1. The fourth-order valence-corrected chi connectivity index (χ4v) is 4.85. The van der Waals surface area contributed by atoms with E-state index >= 15 is 0 Å². The minimum atomic E-state index is -5.95. The molecule has 226 valence electrons. The highest BCUT2D eigenvalue weighted by Crippen LogP contribution is 2.50. The van der Waals surface area contributed by atoms with Gasteiger partial charge in [-0.3, -0.25) is 19.6 Å². The lowest BCUT2D eigenvalue weighted by Gasteiger charge is -2.40. The second-order valence-electron chi connectivity index (χ2n) is 9.95. The molecule has 2 aromatic carbocycles. The van der Waals surface area contributed by atoms with Gasteiger partial charge in [0.1, 0.15) is 12.6 Å². The maximum Gasteiger partial charge on any atom is 0.430 e. The van der Waals surface area contributed by atoms with Gasteiger partial charge in [0.2, 0.25) is 0 Å². The van der Waals surface area contributed by atoms with Crippen molar-refractivity contribution in [3.8, 4) is 11.1 Å². The number of esters is 1. The number of hydrogen-bond donors (Lipinski definition) is 2. The molecule has 2 N–H and O–H groups in total. The fraction of sp³-hybridized carbons (Fsp3) is 0.379. The molecule has 0 saturated carbocycles. The summed E-state index contributed by atoms with van der Waals surface area (Å²) in [6.45, 7) is 2.22. The second-order valence-corrected chi connectivity index (χ2v) is 9.95. The number of ether oxygens (including phenoxy) is 1. The van der Waals surface area contributed by atoms with Crippen molar-refractivity contribution in [2.24, 2.45) is 0 Å². The summed E-state index contributed by atoms with van der Waals surface area (Å²) >= 11 is 0. The van der Waals surface area contributed by atoms with Gasteiger partial charge < -0.3 is 14.9 Å². The van der Waals surface area contributed by atoms with E-state index in [0.717, 1.165) is 23.3 Å². The van der Waals surface area contributed by atoms with Crippen LogP contribution in [0.1, 0.15) is 16.7 Å². The minimum Gasteiger partial charge on any atom is -0.462 e. The summed E-state index contributed by atoms with van der Waals surface area (Å²) in [5.41, 5.74) is -3.51. The summed E-state index contributed by atoms with van der Waals surface area (Å²) in [6, 6.07) is 13.5. The molecule has 1 aliphatic heterocycles. The van der Waals surface area contributed by atoms with Crippen molar-refractivity contribution in [3.05, 3.63) is 89.7 Å². The highest BCUT2D eigenvalue weighted by molar-refractivity contribution is 5.76. The van der Waals surface area contributed by atoms with Gasteiger partial charge in [0, 0.05) is 50.7 Å². The van der Waals surface area contributed by atoms with Gasteiger partial charge in [0.15, 0.2) is 0 Å². The number of halogens is 6. The summed E-state index contributed by atoms with van der Waals surface area (Å²) in [6.07, 6.45) is -8.55. The standard InChI is InChI=1S/C29H29F6N3O4/c30-28(31,32)27(41,29(33,34)35)24-7-5-23(6-8-24)22-3-1-20(2-4-22)17-37-13-14-38(18-21-9-11-36-12-10-21)25(19-37)26(40)42-16-15-39/h1-12,25,39,41H,13-19H2/t25-/m1/s1. The SMILES string of the molecule is O=C(OCCO)[C@H]1CN(Cc2ccc(-c3ccc(C(O)(C(F)(F)F)C(F)(F)F)cc3)cc2)CCN1Cc1ccncc1. The summed E-state index contributed by atoms with van der Waals surface area (Å²) in [7, 11) is 0. The Morgan fingerprint density at radius 3 is 1.93 bits per heavy atom. The minimum absolute atomic E-state index is 0.105. The predicted octanol–water partition coefficient (Wildman–Crippen LogP) is 4.28. The molecule has 13 heteroatoms. The molecule has 1 atom stereocenters. The van der Waals surface area contributed by atoms with Crippen LogP contribution >= 0.6 is 0 Å². The van der Waals surface area contributed by atoms with Crippen LogP contribution in [0.2, 0.25) is 0 Å². The van der Waals surface area contributed by atoms with Crippen molar-refractivity contribution in [3.63, 3.8) is 0 Å². The van der Waals surface area contributed by atoms with Gasteiger partial charge in [0.05, 0.1) is 6.61 Å². The Hall–Kier alpha value is -3.52. The van der Waals surface area contributed by atoms with E-state index in [1.165, 1.54) is 0 Å². The van der Waals surface area contributed by atoms with Crippen molar-refractivity contribution in [1.29, 1.82) is 0 Å². The number of hydrogen-bond acceptors (Lipinski definition) is 7. The first-order chi connectivity index (χ1) is 19.8. The van der Waals surface area contributed by atoms with Crippen molar-refractivity contribution in [2.45, 2.75) is 37.1 Å². The summed E-state index contributed by atoms with van der Waals surface area (Å²) in [4.78, 5) is 20.9. The van der Waals surface area contributed by atoms with Gasteiger partial charge in [-0.15, -0.1) is 0 Å². The largest absolute Gasteiger partial charge is 0.462 e. The topological polar surface area (TPSA) is 86.1 Å². The lowest BCUT2D eigenvalue weighted by atomic mass is 9.90. The Morgan fingerprint density at radius 1 is 0.833 bits per heavy atom. The van der Waals surface area contributed by atoms with E-state index < -0.39 is 35.5 Å². The molecule has 7 nitrogen and oxygen atoms in total. The Morgan fingerprint density at radius 2 is 1.38 bits per heavy atom. The van der Waals surface area contributed by atoms with Gasteiger partial charge in [-0.1, -0.05) is 48.5 Å². The van der Waals surface area contributed by atoms with E-state index in [1.54, 1.807) is 36.7 Å². The molecular weight excluding hydrogens is 568 g/mol. The van der Waals surface area contributed by atoms with Crippen LogP contribution in [-0.4, -0.2) is 82.2 Å². The molecule has 1 aliphatic rings. The number of nitrogens with zero attached hydrogens (tertiary/aromatic N) is 3. The zero-order chi connectivity index (χ0) is 30.5. The first kappa shape index (κ1) is 31.4. The predicted molar refractivity (Wildman–Crippen MR) is 140 cm³/mol. The van der Waals surface area contributed by atoms with E-state index in [2.05, 4.69) is 9.88 Å². The molecule has 1 fully saturated rings. The summed E-state index contributed by atoms with van der Waals surface area (Å²) in [5, 5.41) is 18.7. The average molecular weight is 598 g/mol. The number of pyridine rings is 1. The maximum absolute atomic E-state index is 13.2. The Balaban J connectivity index is 1.44. The molecule has 4 rings (SSSR count). The van der Waals surface area contributed by atoms with Crippen molar-refractivity contribution in [1.82, 2.24) is 14.8 Å². The van der Waals surface area contributed by atoms with E-state index in [1.807, 2.05) is 17.0 Å². The van der Waals surface area contributed by atoms with Gasteiger partial charge in [-0.05, 0) is 34.4 Å². The van der Waals surface area contributed by atoms with Gasteiger partial charge >= 0.3 is 18.3 Å². The van der Waals surface area contributed by atoms with Crippen molar-refractivity contribution < 1.29 is 46.1 Å². The third-order valence-corrected chi connectivity index (χ3v) is 7.13. The molecule has 0 radical (unpaired) electrons. The van der Waals surface area contributed by atoms with Crippen LogP contribution in [0, 0.1) is 0 Å². The average Bonchev–Trinajstić information content (AvgIpc) is 2.96. The number of benzene rings is 2. The van der Waals surface area contributed by atoms with E-state index in [9.17, 15) is 36.2 Å². The third-order valence-electron chi connectivity index (χ3n) is 7.13. The summed E-state index contributed by atoms with van der Waals surface area (Å²) < 4.78 is 84.3.